The molecule has 0 aromatic heterocycles. The van der Waals surface area contributed by atoms with Crippen molar-refractivity contribution in [2.24, 2.45) is 16.8 Å². The lowest BCUT2D eigenvalue weighted by Crippen LogP contribution is -2.49. The maximum atomic E-state index is 5.30. The summed E-state index contributed by atoms with van der Waals surface area (Å²) in [4.78, 5) is 9.30. The fourth-order valence-corrected chi connectivity index (χ4v) is 4.21. The average Bonchev–Trinajstić information content (AvgIpc) is 3.01. The second kappa shape index (κ2) is 11.5. The predicted molar refractivity (Wildman–Crippen MR) is 112 cm³/mol. The minimum Gasteiger partial charge on any atom is -0.384 e. The van der Waals surface area contributed by atoms with E-state index in [1.54, 1.807) is 7.11 Å². The van der Waals surface area contributed by atoms with Gasteiger partial charge in [0.1, 0.15) is 0 Å². The van der Waals surface area contributed by atoms with Gasteiger partial charge in [-0.25, -0.2) is 0 Å². The van der Waals surface area contributed by atoms with Gasteiger partial charge in [0.05, 0.1) is 6.61 Å². The molecule has 1 aliphatic carbocycles. The van der Waals surface area contributed by atoms with Gasteiger partial charge in [0, 0.05) is 45.8 Å². The summed E-state index contributed by atoms with van der Waals surface area (Å²) < 4.78 is 5.30. The molecule has 1 saturated carbocycles. The third-order valence-electron chi connectivity index (χ3n) is 5.53. The lowest BCUT2D eigenvalue weighted by molar-refractivity contribution is 0.156. The van der Waals surface area contributed by atoms with Gasteiger partial charge >= 0.3 is 0 Å². The molecule has 24 heavy (non-hydrogen) atoms. The quantitative estimate of drug-likeness (QED) is 0.382. The van der Waals surface area contributed by atoms with Crippen molar-refractivity contribution in [3.63, 3.8) is 0 Å². The second-order valence-corrected chi connectivity index (χ2v) is 7.41. The van der Waals surface area contributed by atoms with Gasteiger partial charge in [-0.05, 0) is 39.3 Å². The maximum Gasteiger partial charge on any atom is 0.193 e. The lowest BCUT2D eigenvalue weighted by atomic mass is 9.83. The first-order chi connectivity index (χ1) is 11.2. The van der Waals surface area contributed by atoms with Gasteiger partial charge in [0.2, 0.25) is 0 Å². The number of halogens is 1. The van der Waals surface area contributed by atoms with E-state index in [-0.39, 0.29) is 24.0 Å². The van der Waals surface area contributed by atoms with E-state index in [2.05, 4.69) is 34.2 Å². The van der Waals surface area contributed by atoms with E-state index in [4.69, 9.17) is 4.74 Å². The highest BCUT2D eigenvalue weighted by Gasteiger charge is 2.28. The number of likely N-dealkylation sites (N-methyl/N-ethyl adjacent to an activating group) is 1. The summed E-state index contributed by atoms with van der Waals surface area (Å²) >= 11 is 0. The number of methoxy groups -OCH3 is 1. The number of nitrogens with one attached hydrogen (secondary N) is 1. The van der Waals surface area contributed by atoms with Crippen LogP contribution in [0.15, 0.2) is 4.99 Å². The van der Waals surface area contributed by atoms with E-state index in [0.717, 1.165) is 38.1 Å². The molecule has 2 unspecified atom stereocenters. The molecule has 0 radical (unpaired) electrons. The van der Waals surface area contributed by atoms with E-state index in [1.807, 2.05) is 7.05 Å². The molecule has 0 aromatic carbocycles. The molecule has 5 nitrogen and oxygen atoms in total. The molecule has 6 heteroatoms. The van der Waals surface area contributed by atoms with Crippen LogP contribution in [0.1, 0.15) is 38.5 Å². The molecule has 1 aliphatic heterocycles. The van der Waals surface area contributed by atoms with Crippen LogP contribution < -0.4 is 5.32 Å². The number of guanidine groups is 1. The van der Waals surface area contributed by atoms with Gasteiger partial charge in [-0.2, -0.15) is 0 Å². The van der Waals surface area contributed by atoms with Crippen molar-refractivity contribution >= 4 is 29.9 Å². The van der Waals surface area contributed by atoms with Gasteiger partial charge in [0.15, 0.2) is 5.96 Å². The Labute approximate surface area is 165 Å². The third-order valence-corrected chi connectivity index (χ3v) is 5.53. The Kier molecular flexibility index (Phi) is 10.5. The van der Waals surface area contributed by atoms with Crippen LogP contribution in [0.4, 0.5) is 0 Å². The zero-order valence-electron chi connectivity index (χ0n) is 16.0. The number of hydrogen-bond acceptors (Lipinski definition) is 3. The van der Waals surface area contributed by atoms with Crippen molar-refractivity contribution in [1.29, 1.82) is 0 Å². The van der Waals surface area contributed by atoms with Crippen molar-refractivity contribution in [3.8, 4) is 0 Å². The predicted octanol–water partition coefficient (Wildman–Crippen LogP) is 2.66. The lowest BCUT2D eigenvalue weighted by Gasteiger charge is -2.36. The van der Waals surface area contributed by atoms with Crippen LogP contribution in [-0.2, 0) is 4.74 Å². The minimum absolute atomic E-state index is 0. The number of likely N-dealkylation sites (tertiary alicyclic amines) is 1. The summed E-state index contributed by atoms with van der Waals surface area (Å²) in [5.74, 6) is 2.52. The molecule has 142 valence electrons. The summed E-state index contributed by atoms with van der Waals surface area (Å²) in [5, 5.41) is 3.65. The van der Waals surface area contributed by atoms with E-state index in [1.165, 1.54) is 38.5 Å². The Morgan fingerprint density at radius 2 is 1.96 bits per heavy atom. The molecule has 1 N–H and O–H groups in total. The number of hydrogen-bond donors (Lipinski definition) is 1. The fourth-order valence-electron chi connectivity index (χ4n) is 4.21. The van der Waals surface area contributed by atoms with Crippen LogP contribution in [0, 0.1) is 11.8 Å². The highest BCUT2D eigenvalue weighted by Crippen LogP contribution is 2.28. The Balaban J connectivity index is 0.00000288. The molecule has 0 bridgehead atoms. The molecule has 2 atom stereocenters. The highest BCUT2D eigenvalue weighted by atomic mass is 127. The van der Waals surface area contributed by atoms with E-state index in [0.29, 0.717) is 12.0 Å². The number of nitrogens with zero attached hydrogens (tertiary/aromatic N) is 3. The summed E-state index contributed by atoms with van der Waals surface area (Å²) in [6.45, 7) is 4.00. The summed E-state index contributed by atoms with van der Waals surface area (Å²) in [7, 11) is 8.13. The monoisotopic (exact) mass is 452 g/mol. The Morgan fingerprint density at radius 1 is 1.25 bits per heavy atom. The SMILES string of the molecule is CN=C(NCC(C1CCCCC1)N(C)C)N1CCC(COC)C1.I. The smallest absolute Gasteiger partial charge is 0.193 e. The van der Waals surface area contributed by atoms with E-state index in [9.17, 15) is 0 Å². The summed E-state index contributed by atoms with van der Waals surface area (Å²) in [6.07, 6.45) is 8.17. The molecular formula is C18H37IN4O. The summed E-state index contributed by atoms with van der Waals surface area (Å²) in [6, 6.07) is 0.601. The zero-order valence-corrected chi connectivity index (χ0v) is 18.3. The minimum atomic E-state index is 0. The van der Waals surface area contributed by atoms with Crippen molar-refractivity contribution in [2.45, 2.75) is 44.6 Å². The summed E-state index contributed by atoms with van der Waals surface area (Å²) in [5.41, 5.74) is 0. The first kappa shape index (κ1) is 22.0. The molecule has 1 heterocycles. The van der Waals surface area contributed by atoms with Gasteiger partial charge in [-0.3, -0.25) is 4.99 Å². The number of aliphatic imine (C=N–C) groups is 1. The molecular weight excluding hydrogens is 415 g/mol. The first-order valence-electron chi connectivity index (χ1n) is 9.26. The maximum absolute atomic E-state index is 5.30. The fraction of sp³-hybridized carbons (Fsp3) is 0.944. The largest absolute Gasteiger partial charge is 0.384 e. The normalized spacial score (nSPS) is 24.1. The average molecular weight is 452 g/mol. The standard InChI is InChI=1S/C18H36N4O.HI/c1-19-18(22-11-10-15(13-22)14-23-4)20-12-17(21(2)3)16-8-6-5-7-9-16;/h15-17H,5-14H2,1-4H3,(H,19,20);1H. The molecule has 2 rings (SSSR count). The van der Waals surface area contributed by atoms with Crippen LogP contribution in [0.3, 0.4) is 0 Å². The van der Waals surface area contributed by atoms with E-state index >= 15 is 0 Å². The van der Waals surface area contributed by atoms with Gasteiger partial charge < -0.3 is 19.9 Å². The number of rotatable bonds is 6. The van der Waals surface area contributed by atoms with E-state index < -0.39 is 0 Å². The van der Waals surface area contributed by atoms with Crippen molar-refractivity contribution < 1.29 is 4.74 Å². The molecule has 2 aliphatic rings. The Hall–Kier alpha value is -0.0800. The van der Waals surface area contributed by atoms with Gasteiger partial charge in [-0.15, -0.1) is 24.0 Å². The van der Waals surface area contributed by atoms with Crippen molar-refractivity contribution in [3.05, 3.63) is 0 Å². The third kappa shape index (κ3) is 6.33. The zero-order chi connectivity index (χ0) is 16.7. The molecule has 2 fully saturated rings. The van der Waals surface area contributed by atoms with Gasteiger partial charge in [0.25, 0.3) is 0 Å². The highest BCUT2D eigenvalue weighted by molar-refractivity contribution is 14.0. The Bertz CT molecular complexity index is 372. The van der Waals surface area contributed by atoms with Gasteiger partial charge in [-0.1, -0.05) is 19.3 Å². The molecule has 0 amide bonds. The van der Waals surface area contributed by atoms with Crippen molar-refractivity contribution in [2.75, 3.05) is 54.5 Å². The number of ether oxygens (including phenoxy) is 1. The first-order valence-corrected chi connectivity index (χ1v) is 9.26. The molecule has 0 aromatic rings. The molecule has 0 spiro atoms. The van der Waals surface area contributed by atoms with Crippen molar-refractivity contribution in [1.82, 2.24) is 15.1 Å². The molecule has 1 saturated heterocycles. The topological polar surface area (TPSA) is 40.1 Å². The van der Waals surface area contributed by atoms with Crippen LogP contribution in [0.5, 0.6) is 0 Å². The van der Waals surface area contributed by atoms with Crippen LogP contribution >= 0.6 is 24.0 Å². The Morgan fingerprint density at radius 3 is 2.54 bits per heavy atom. The van der Waals surface area contributed by atoms with Crippen LogP contribution in [0.25, 0.3) is 0 Å². The van der Waals surface area contributed by atoms with Crippen LogP contribution in [0.2, 0.25) is 0 Å². The second-order valence-electron chi connectivity index (χ2n) is 7.41. The van der Waals surface area contributed by atoms with Crippen LogP contribution in [-0.4, -0.2) is 76.3 Å².